The summed E-state index contributed by atoms with van der Waals surface area (Å²) in [4.78, 5) is 27.5. The van der Waals surface area contributed by atoms with Crippen LogP contribution in [0.1, 0.15) is 31.0 Å². The molecule has 0 fully saturated rings. The van der Waals surface area contributed by atoms with E-state index in [1.807, 2.05) is 12.1 Å². The molecule has 164 valence electrons. The van der Waals surface area contributed by atoms with Crippen LogP contribution < -0.4 is 14.2 Å². The predicted octanol–water partition coefficient (Wildman–Crippen LogP) is 3.83. The lowest BCUT2D eigenvalue weighted by Crippen LogP contribution is -2.31. The van der Waals surface area contributed by atoms with Crippen LogP contribution in [-0.4, -0.2) is 43.0 Å². The number of carbonyl (C=O) groups excluding carboxylic acids is 2. The van der Waals surface area contributed by atoms with E-state index in [0.29, 0.717) is 22.8 Å². The van der Waals surface area contributed by atoms with E-state index in [0.717, 1.165) is 5.56 Å². The van der Waals surface area contributed by atoms with E-state index in [1.54, 1.807) is 58.4 Å². The summed E-state index contributed by atoms with van der Waals surface area (Å²) >= 11 is 0. The second kappa shape index (κ2) is 9.12. The van der Waals surface area contributed by atoms with Gasteiger partial charge in [0.2, 0.25) is 0 Å². The van der Waals surface area contributed by atoms with Crippen LogP contribution in [-0.2, 0) is 16.1 Å². The van der Waals surface area contributed by atoms with E-state index >= 15 is 0 Å². The molecule has 1 N–H and O–H groups in total. The first-order valence-corrected chi connectivity index (χ1v) is 9.95. The molecule has 2 aromatic carbocycles. The lowest BCUT2D eigenvalue weighted by molar-refractivity contribution is -0.130. The molecule has 0 saturated carbocycles. The van der Waals surface area contributed by atoms with Gasteiger partial charge in [-0.15, -0.1) is 0 Å². The molecular formula is C24H27NO6. The van der Waals surface area contributed by atoms with Crippen molar-refractivity contribution >= 4 is 11.7 Å². The molecule has 1 heterocycles. The van der Waals surface area contributed by atoms with E-state index in [4.69, 9.17) is 14.2 Å². The summed E-state index contributed by atoms with van der Waals surface area (Å²) in [6.07, 6.45) is 0. The molecule has 3 rings (SSSR count). The van der Waals surface area contributed by atoms with Crippen LogP contribution in [0, 0.1) is 5.92 Å². The third-order valence-electron chi connectivity index (χ3n) is 5.30. The van der Waals surface area contributed by atoms with Crippen LogP contribution in [0.4, 0.5) is 0 Å². The quantitative estimate of drug-likeness (QED) is 0.692. The van der Waals surface area contributed by atoms with Crippen molar-refractivity contribution < 1.29 is 28.9 Å². The third-order valence-corrected chi connectivity index (χ3v) is 5.30. The van der Waals surface area contributed by atoms with Crippen molar-refractivity contribution in [2.24, 2.45) is 5.92 Å². The largest absolute Gasteiger partial charge is 0.503 e. The first-order chi connectivity index (χ1) is 14.8. The Morgan fingerprint density at radius 1 is 1.03 bits per heavy atom. The van der Waals surface area contributed by atoms with Crippen molar-refractivity contribution in [1.82, 2.24) is 4.90 Å². The topological polar surface area (TPSA) is 85.3 Å². The van der Waals surface area contributed by atoms with Gasteiger partial charge in [0.05, 0.1) is 32.9 Å². The zero-order valence-electron chi connectivity index (χ0n) is 18.3. The van der Waals surface area contributed by atoms with E-state index in [2.05, 4.69) is 0 Å². The number of nitrogens with zero attached hydrogens (tertiary/aromatic N) is 1. The number of hydrogen-bond acceptors (Lipinski definition) is 6. The van der Waals surface area contributed by atoms with Crippen molar-refractivity contribution in [3.8, 4) is 17.2 Å². The highest BCUT2D eigenvalue weighted by Crippen LogP contribution is 2.41. The summed E-state index contributed by atoms with van der Waals surface area (Å²) in [5, 5.41) is 10.7. The highest BCUT2D eigenvalue weighted by atomic mass is 16.5. The summed E-state index contributed by atoms with van der Waals surface area (Å²) in [6, 6.07) is 11.8. The number of hydrogen-bond donors (Lipinski definition) is 1. The first kappa shape index (κ1) is 22.2. The van der Waals surface area contributed by atoms with E-state index in [1.165, 1.54) is 12.0 Å². The number of rotatable bonds is 8. The zero-order chi connectivity index (χ0) is 22.7. The predicted molar refractivity (Wildman–Crippen MR) is 115 cm³/mol. The third kappa shape index (κ3) is 4.21. The minimum Gasteiger partial charge on any atom is -0.503 e. The smallest absolute Gasteiger partial charge is 0.290 e. The Bertz CT molecular complexity index is 1030. The highest BCUT2D eigenvalue weighted by molar-refractivity contribution is 6.09. The summed E-state index contributed by atoms with van der Waals surface area (Å²) in [6.45, 7) is 3.65. The molecule has 0 bridgehead atoms. The molecule has 1 amide bonds. The monoisotopic (exact) mass is 425 g/mol. The van der Waals surface area contributed by atoms with Gasteiger partial charge in [-0.1, -0.05) is 32.0 Å². The number of Topliss-reactive ketones (excluding diaryl/α,β-unsaturated/α-hetero) is 1. The minimum absolute atomic E-state index is 0.105. The number of aliphatic hydroxyl groups excluding tert-OH is 1. The summed E-state index contributed by atoms with van der Waals surface area (Å²) < 4.78 is 16.0. The average Bonchev–Trinajstić information content (AvgIpc) is 3.03. The van der Waals surface area contributed by atoms with Gasteiger partial charge in [0.15, 0.2) is 23.0 Å². The van der Waals surface area contributed by atoms with Gasteiger partial charge in [0.25, 0.3) is 5.91 Å². The average molecular weight is 425 g/mol. The molecule has 0 aliphatic carbocycles. The maximum atomic E-state index is 13.0. The molecule has 0 spiro atoms. The fourth-order valence-electron chi connectivity index (χ4n) is 3.71. The lowest BCUT2D eigenvalue weighted by Gasteiger charge is -2.28. The Labute approximate surface area is 181 Å². The molecule has 0 radical (unpaired) electrons. The van der Waals surface area contributed by atoms with Crippen LogP contribution >= 0.6 is 0 Å². The van der Waals surface area contributed by atoms with Crippen LogP contribution in [0.25, 0.3) is 0 Å². The van der Waals surface area contributed by atoms with Crippen molar-refractivity contribution in [2.75, 3.05) is 21.3 Å². The van der Waals surface area contributed by atoms with E-state index in [9.17, 15) is 14.7 Å². The molecule has 1 aliphatic heterocycles. The molecule has 0 saturated heterocycles. The summed E-state index contributed by atoms with van der Waals surface area (Å²) in [5.74, 6) is -0.0508. The molecular weight excluding hydrogens is 398 g/mol. The van der Waals surface area contributed by atoms with Crippen LogP contribution in [0.15, 0.2) is 53.8 Å². The number of methoxy groups -OCH3 is 3. The van der Waals surface area contributed by atoms with E-state index < -0.39 is 17.7 Å². The van der Waals surface area contributed by atoms with Gasteiger partial charge in [-0.25, -0.2) is 0 Å². The maximum Gasteiger partial charge on any atom is 0.290 e. The van der Waals surface area contributed by atoms with Gasteiger partial charge in [0, 0.05) is 12.5 Å². The Kier molecular flexibility index (Phi) is 6.53. The Morgan fingerprint density at radius 3 is 2.35 bits per heavy atom. The second-order valence-corrected chi connectivity index (χ2v) is 7.58. The Balaban J connectivity index is 2.07. The van der Waals surface area contributed by atoms with Crippen molar-refractivity contribution in [3.05, 3.63) is 64.9 Å². The van der Waals surface area contributed by atoms with Gasteiger partial charge in [-0.3, -0.25) is 9.59 Å². The molecule has 1 unspecified atom stereocenters. The fourth-order valence-corrected chi connectivity index (χ4v) is 3.71. The van der Waals surface area contributed by atoms with Crippen molar-refractivity contribution in [1.29, 1.82) is 0 Å². The summed E-state index contributed by atoms with van der Waals surface area (Å²) in [5.41, 5.74) is 1.56. The molecule has 2 aromatic rings. The standard InChI is InChI=1S/C24H27NO6/c1-14(2)22(26)20-21(16-7-6-8-17(12-16)29-3)25(24(28)23(20)27)13-15-9-10-18(30-4)19(11-15)31-5/h6-12,14,21,27H,13H2,1-5H3. The molecule has 1 atom stereocenters. The molecule has 7 heteroatoms. The number of benzene rings is 2. The highest BCUT2D eigenvalue weighted by Gasteiger charge is 2.44. The molecule has 1 aliphatic rings. The van der Waals surface area contributed by atoms with Gasteiger partial charge < -0.3 is 24.2 Å². The van der Waals surface area contributed by atoms with Gasteiger partial charge >= 0.3 is 0 Å². The second-order valence-electron chi connectivity index (χ2n) is 7.58. The van der Waals surface area contributed by atoms with Crippen molar-refractivity contribution in [2.45, 2.75) is 26.4 Å². The number of ether oxygens (including phenoxy) is 3. The minimum atomic E-state index is -0.731. The normalized spacial score (nSPS) is 16.1. The van der Waals surface area contributed by atoms with Crippen molar-refractivity contribution in [3.63, 3.8) is 0 Å². The molecule has 31 heavy (non-hydrogen) atoms. The maximum absolute atomic E-state index is 13.0. The summed E-state index contributed by atoms with van der Waals surface area (Å²) in [7, 11) is 4.63. The van der Waals surface area contributed by atoms with Gasteiger partial charge in [-0.05, 0) is 35.4 Å². The number of carbonyl (C=O) groups is 2. The zero-order valence-corrected chi connectivity index (χ0v) is 18.3. The van der Waals surface area contributed by atoms with Crippen LogP contribution in [0.2, 0.25) is 0 Å². The molecule has 7 nitrogen and oxygen atoms in total. The van der Waals surface area contributed by atoms with E-state index in [-0.39, 0.29) is 23.8 Å². The number of ketones is 1. The number of aliphatic hydroxyl groups is 1. The Morgan fingerprint density at radius 2 is 1.74 bits per heavy atom. The SMILES string of the molecule is COc1cccc(C2C(C(=O)C(C)C)=C(O)C(=O)N2Cc2ccc(OC)c(OC)c2)c1. The van der Waals surface area contributed by atoms with Gasteiger partial charge in [0.1, 0.15) is 5.75 Å². The fraction of sp³-hybridized carbons (Fsp3) is 0.333. The molecule has 0 aromatic heterocycles. The van der Waals surface area contributed by atoms with Crippen LogP contribution in [0.3, 0.4) is 0 Å². The van der Waals surface area contributed by atoms with Crippen LogP contribution in [0.5, 0.6) is 17.2 Å². The first-order valence-electron chi connectivity index (χ1n) is 9.95. The Hall–Kier alpha value is -3.48. The lowest BCUT2D eigenvalue weighted by atomic mass is 9.91. The number of amides is 1. The van der Waals surface area contributed by atoms with Gasteiger partial charge in [-0.2, -0.15) is 0 Å².